The number of rotatable bonds is 6. The van der Waals surface area contributed by atoms with Crippen LogP contribution in [0.5, 0.6) is 17.2 Å². The molecule has 1 unspecified atom stereocenters. The van der Waals surface area contributed by atoms with E-state index >= 15 is 0 Å². The number of fused-ring (bicyclic) bond motifs is 1. The van der Waals surface area contributed by atoms with Crippen molar-refractivity contribution in [2.24, 2.45) is 0 Å². The Morgan fingerprint density at radius 1 is 1.09 bits per heavy atom. The van der Waals surface area contributed by atoms with Gasteiger partial charge in [0.25, 0.3) is 0 Å². The molecular weight excluding hydrogens is 302 g/mol. The van der Waals surface area contributed by atoms with Gasteiger partial charge in [-0.25, -0.2) is 0 Å². The molecule has 0 spiro atoms. The van der Waals surface area contributed by atoms with E-state index in [4.69, 9.17) is 14.2 Å². The molecule has 0 saturated carbocycles. The minimum absolute atomic E-state index is 0. The van der Waals surface area contributed by atoms with E-state index in [-0.39, 0.29) is 25.3 Å². The SMILES string of the molecule is CNCCC(Oc1cccc2c1OCO2)c1ccccc1.Cl. The number of benzene rings is 2. The van der Waals surface area contributed by atoms with Crippen LogP contribution in [0.3, 0.4) is 0 Å². The monoisotopic (exact) mass is 321 g/mol. The highest BCUT2D eigenvalue weighted by Crippen LogP contribution is 2.42. The van der Waals surface area contributed by atoms with E-state index in [2.05, 4.69) is 17.4 Å². The Kier molecular flexibility index (Phi) is 5.92. The van der Waals surface area contributed by atoms with Gasteiger partial charge in [0.05, 0.1) is 0 Å². The van der Waals surface area contributed by atoms with Crippen molar-refractivity contribution in [1.29, 1.82) is 0 Å². The molecule has 4 nitrogen and oxygen atoms in total. The second-order valence-corrected chi connectivity index (χ2v) is 4.90. The Labute approximate surface area is 136 Å². The zero-order valence-corrected chi connectivity index (χ0v) is 13.3. The van der Waals surface area contributed by atoms with Crippen molar-refractivity contribution in [2.75, 3.05) is 20.4 Å². The highest BCUT2D eigenvalue weighted by Gasteiger charge is 2.21. The largest absolute Gasteiger partial charge is 0.482 e. The van der Waals surface area contributed by atoms with Gasteiger partial charge in [-0.05, 0) is 31.3 Å². The maximum atomic E-state index is 6.20. The van der Waals surface area contributed by atoms with Gasteiger partial charge in [-0.1, -0.05) is 36.4 Å². The normalized spacial score (nSPS) is 13.3. The Morgan fingerprint density at radius 2 is 1.91 bits per heavy atom. The van der Waals surface area contributed by atoms with Crippen LogP contribution in [-0.2, 0) is 0 Å². The van der Waals surface area contributed by atoms with E-state index in [1.165, 1.54) is 0 Å². The Bertz CT molecular complexity index is 592. The van der Waals surface area contributed by atoms with Crippen molar-refractivity contribution in [3.05, 3.63) is 54.1 Å². The maximum Gasteiger partial charge on any atom is 0.231 e. The second kappa shape index (κ2) is 7.92. The van der Waals surface area contributed by atoms with Crippen molar-refractivity contribution in [1.82, 2.24) is 5.32 Å². The van der Waals surface area contributed by atoms with Gasteiger partial charge in [-0.3, -0.25) is 0 Å². The van der Waals surface area contributed by atoms with E-state index < -0.39 is 0 Å². The van der Waals surface area contributed by atoms with Gasteiger partial charge in [0.1, 0.15) is 6.10 Å². The lowest BCUT2D eigenvalue weighted by molar-refractivity contribution is 0.158. The molecule has 2 aromatic carbocycles. The third-order valence-electron chi connectivity index (χ3n) is 3.46. The number of ether oxygens (including phenoxy) is 3. The van der Waals surface area contributed by atoms with Crippen molar-refractivity contribution < 1.29 is 14.2 Å². The van der Waals surface area contributed by atoms with E-state index in [0.29, 0.717) is 5.75 Å². The fourth-order valence-corrected chi connectivity index (χ4v) is 2.39. The van der Waals surface area contributed by atoms with Gasteiger partial charge in [0, 0.05) is 6.42 Å². The minimum Gasteiger partial charge on any atom is -0.482 e. The zero-order chi connectivity index (χ0) is 14.5. The summed E-state index contributed by atoms with van der Waals surface area (Å²) in [6, 6.07) is 16.0. The lowest BCUT2D eigenvalue weighted by Gasteiger charge is -2.20. The van der Waals surface area contributed by atoms with E-state index in [0.717, 1.165) is 30.0 Å². The second-order valence-electron chi connectivity index (χ2n) is 4.90. The van der Waals surface area contributed by atoms with Gasteiger partial charge in [0.2, 0.25) is 12.5 Å². The lowest BCUT2D eigenvalue weighted by atomic mass is 10.1. The molecule has 1 aliphatic rings. The Morgan fingerprint density at radius 3 is 2.68 bits per heavy atom. The molecule has 1 heterocycles. The summed E-state index contributed by atoms with van der Waals surface area (Å²) in [5.41, 5.74) is 1.16. The molecule has 22 heavy (non-hydrogen) atoms. The van der Waals surface area contributed by atoms with Crippen LogP contribution in [0.25, 0.3) is 0 Å². The van der Waals surface area contributed by atoms with Gasteiger partial charge in [0.15, 0.2) is 11.5 Å². The van der Waals surface area contributed by atoms with Gasteiger partial charge >= 0.3 is 0 Å². The van der Waals surface area contributed by atoms with E-state index in [9.17, 15) is 0 Å². The summed E-state index contributed by atoms with van der Waals surface area (Å²) in [5.74, 6) is 2.17. The molecule has 0 aliphatic carbocycles. The summed E-state index contributed by atoms with van der Waals surface area (Å²) in [6.45, 7) is 1.13. The van der Waals surface area contributed by atoms with Crippen LogP contribution in [0.1, 0.15) is 18.1 Å². The van der Waals surface area contributed by atoms with E-state index in [1.807, 2.05) is 43.4 Å². The van der Waals surface area contributed by atoms with Crippen LogP contribution >= 0.6 is 12.4 Å². The number of halogens is 1. The van der Waals surface area contributed by atoms with Gasteiger partial charge in [-0.2, -0.15) is 0 Å². The zero-order valence-electron chi connectivity index (χ0n) is 12.5. The number of nitrogens with one attached hydrogen (secondary N) is 1. The average Bonchev–Trinajstić information content (AvgIpc) is 3.01. The lowest BCUT2D eigenvalue weighted by Crippen LogP contribution is -2.16. The molecule has 1 atom stereocenters. The highest BCUT2D eigenvalue weighted by atomic mass is 35.5. The maximum absolute atomic E-state index is 6.20. The molecule has 5 heteroatoms. The summed E-state index contributed by atoms with van der Waals surface area (Å²) in [6.07, 6.45) is 0.861. The van der Waals surface area contributed by atoms with E-state index in [1.54, 1.807) is 0 Å². The van der Waals surface area contributed by atoms with Gasteiger partial charge in [-0.15, -0.1) is 12.4 Å². The van der Waals surface area contributed by atoms with Crippen molar-refractivity contribution in [2.45, 2.75) is 12.5 Å². The smallest absolute Gasteiger partial charge is 0.231 e. The average molecular weight is 322 g/mol. The Hall–Kier alpha value is -1.91. The van der Waals surface area contributed by atoms with Crippen LogP contribution in [0, 0.1) is 0 Å². The third kappa shape index (κ3) is 3.64. The van der Waals surface area contributed by atoms with Crippen molar-refractivity contribution >= 4 is 12.4 Å². The minimum atomic E-state index is -0.0191. The van der Waals surface area contributed by atoms with Crippen LogP contribution in [0.4, 0.5) is 0 Å². The molecule has 1 N–H and O–H groups in total. The number of hydrogen-bond donors (Lipinski definition) is 1. The van der Waals surface area contributed by atoms with Gasteiger partial charge < -0.3 is 19.5 Å². The van der Waals surface area contributed by atoms with Crippen LogP contribution in [0.2, 0.25) is 0 Å². The molecular formula is C17H20ClNO3. The molecule has 3 rings (SSSR count). The standard InChI is InChI=1S/C17H19NO3.ClH/c1-18-11-10-14(13-6-3-2-4-7-13)21-16-9-5-8-15-17(16)20-12-19-15;/h2-9,14,18H,10-12H2,1H3;1H. The first-order valence-corrected chi connectivity index (χ1v) is 7.13. The molecule has 0 aromatic heterocycles. The predicted molar refractivity (Wildman–Crippen MR) is 88.2 cm³/mol. The molecule has 0 amide bonds. The summed E-state index contributed by atoms with van der Waals surface area (Å²) in [7, 11) is 1.94. The van der Waals surface area contributed by atoms with Crippen molar-refractivity contribution in [3.8, 4) is 17.2 Å². The molecule has 1 aliphatic heterocycles. The molecule has 0 radical (unpaired) electrons. The predicted octanol–water partition coefficient (Wildman–Crippen LogP) is 3.57. The molecule has 0 saturated heterocycles. The quantitative estimate of drug-likeness (QED) is 0.883. The fourth-order valence-electron chi connectivity index (χ4n) is 2.39. The first-order chi connectivity index (χ1) is 10.4. The molecule has 118 valence electrons. The summed E-state index contributed by atoms with van der Waals surface area (Å²) in [4.78, 5) is 0. The molecule has 0 fully saturated rings. The fraction of sp³-hybridized carbons (Fsp3) is 0.294. The first kappa shape index (κ1) is 16.5. The summed E-state index contributed by atoms with van der Waals surface area (Å²) in [5, 5.41) is 3.17. The molecule has 2 aromatic rings. The van der Waals surface area contributed by atoms with Crippen LogP contribution in [-0.4, -0.2) is 20.4 Å². The summed E-state index contributed by atoms with van der Waals surface area (Å²) < 4.78 is 17.1. The Balaban J connectivity index is 0.00000176. The third-order valence-corrected chi connectivity index (χ3v) is 3.46. The highest BCUT2D eigenvalue weighted by molar-refractivity contribution is 5.85. The number of hydrogen-bond acceptors (Lipinski definition) is 4. The summed E-state index contributed by atoms with van der Waals surface area (Å²) >= 11 is 0. The number of para-hydroxylation sites is 1. The molecule has 0 bridgehead atoms. The van der Waals surface area contributed by atoms with Crippen molar-refractivity contribution in [3.63, 3.8) is 0 Å². The van der Waals surface area contributed by atoms with Crippen LogP contribution < -0.4 is 19.5 Å². The van der Waals surface area contributed by atoms with Crippen LogP contribution in [0.15, 0.2) is 48.5 Å². The first-order valence-electron chi connectivity index (χ1n) is 7.13. The topological polar surface area (TPSA) is 39.7 Å².